The molecule has 0 aliphatic carbocycles. The fraction of sp³-hybridized carbons (Fsp3) is 0.458. The van der Waals surface area contributed by atoms with Gasteiger partial charge in [0.1, 0.15) is 12.4 Å². The van der Waals surface area contributed by atoms with Crippen LogP contribution in [0.1, 0.15) is 30.9 Å². The molecule has 1 unspecified atom stereocenters. The lowest BCUT2D eigenvalue weighted by Crippen LogP contribution is -2.38. The second-order valence-electron chi connectivity index (χ2n) is 7.25. The van der Waals surface area contributed by atoms with E-state index >= 15 is 0 Å². The molecule has 6 nitrogen and oxygen atoms in total. The van der Waals surface area contributed by atoms with E-state index in [2.05, 4.69) is 35.8 Å². The Kier molecular flexibility index (Phi) is 9.50. The topological polar surface area (TPSA) is 64.1 Å². The van der Waals surface area contributed by atoms with E-state index in [-0.39, 0.29) is 6.10 Å². The number of nitrogens with one attached hydrogen (secondary N) is 2. The van der Waals surface area contributed by atoms with Crippen LogP contribution in [0.5, 0.6) is 5.75 Å². The molecule has 1 aliphatic rings. The van der Waals surface area contributed by atoms with Crippen LogP contribution < -0.4 is 15.4 Å². The summed E-state index contributed by atoms with van der Waals surface area (Å²) in [5, 5.41) is 6.67. The van der Waals surface area contributed by atoms with Gasteiger partial charge in [-0.25, -0.2) is 4.99 Å². The lowest BCUT2D eigenvalue weighted by atomic mass is 10.2. The molecule has 2 N–H and O–H groups in total. The lowest BCUT2D eigenvalue weighted by molar-refractivity contribution is 0.0420. The molecule has 0 amide bonds. The van der Waals surface area contributed by atoms with Crippen molar-refractivity contribution in [1.29, 1.82) is 0 Å². The summed E-state index contributed by atoms with van der Waals surface area (Å²) >= 11 is 0. The lowest BCUT2D eigenvalue weighted by Gasteiger charge is -2.13. The average Bonchev–Trinajstić information content (AvgIpc) is 3.30. The van der Waals surface area contributed by atoms with E-state index in [9.17, 15) is 0 Å². The van der Waals surface area contributed by atoms with Gasteiger partial charge in [0.2, 0.25) is 0 Å². The zero-order chi connectivity index (χ0) is 20.9. The molecule has 3 rings (SSSR count). The number of guanidine groups is 1. The van der Waals surface area contributed by atoms with E-state index in [4.69, 9.17) is 19.2 Å². The predicted molar refractivity (Wildman–Crippen MR) is 120 cm³/mol. The Morgan fingerprint density at radius 2 is 1.97 bits per heavy atom. The molecule has 1 saturated heterocycles. The van der Waals surface area contributed by atoms with E-state index in [0.29, 0.717) is 13.2 Å². The average molecular weight is 412 g/mol. The van der Waals surface area contributed by atoms with Crippen molar-refractivity contribution in [2.45, 2.75) is 39.0 Å². The Balaban J connectivity index is 1.42. The third-order valence-corrected chi connectivity index (χ3v) is 4.77. The van der Waals surface area contributed by atoms with Crippen molar-refractivity contribution < 1.29 is 14.2 Å². The number of hydrogen-bond acceptors (Lipinski definition) is 4. The van der Waals surface area contributed by atoms with Crippen LogP contribution in [-0.4, -0.2) is 45.0 Å². The molecule has 0 saturated carbocycles. The van der Waals surface area contributed by atoms with Crippen molar-refractivity contribution >= 4 is 5.96 Å². The van der Waals surface area contributed by atoms with Crippen molar-refractivity contribution in [2.75, 3.05) is 32.9 Å². The highest BCUT2D eigenvalue weighted by molar-refractivity contribution is 5.79. The Hall–Kier alpha value is -2.57. The summed E-state index contributed by atoms with van der Waals surface area (Å²) in [6.07, 6.45) is 2.21. The molecular formula is C24H33N3O3. The van der Waals surface area contributed by atoms with Gasteiger partial charge in [-0.3, -0.25) is 0 Å². The number of ether oxygens (including phenoxy) is 3. The molecule has 2 aromatic carbocycles. The standard InChI is InChI=1S/C24H33N3O3/c1-2-25-24(26-13-7-14-29-23-12-15-28-19-23)27-17-21-10-6-11-22(16-21)30-18-20-8-4-3-5-9-20/h3-6,8-11,16,23H,2,7,12-15,17-19H2,1H3,(H2,25,26,27). The quantitative estimate of drug-likeness (QED) is 0.337. The maximum absolute atomic E-state index is 5.92. The minimum Gasteiger partial charge on any atom is -0.489 e. The first-order chi connectivity index (χ1) is 14.8. The van der Waals surface area contributed by atoms with Crippen LogP contribution in [0.25, 0.3) is 0 Å². The van der Waals surface area contributed by atoms with Crippen molar-refractivity contribution in [3.8, 4) is 5.75 Å². The molecule has 1 fully saturated rings. The molecule has 1 aliphatic heterocycles. The van der Waals surface area contributed by atoms with Crippen LogP contribution >= 0.6 is 0 Å². The monoisotopic (exact) mass is 411 g/mol. The fourth-order valence-electron chi connectivity index (χ4n) is 3.16. The van der Waals surface area contributed by atoms with Gasteiger partial charge in [0.15, 0.2) is 5.96 Å². The van der Waals surface area contributed by atoms with E-state index in [1.54, 1.807) is 0 Å². The molecule has 0 spiro atoms. The van der Waals surface area contributed by atoms with Gasteiger partial charge in [0, 0.05) is 26.3 Å². The molecule has 162 valence electrons. The Morgan fingerprint density at radius 1 is 1.10 bits per heavy atom. The van der Waals surface area contributed by atoms with Crippen molar-refractivity contribution in [1.82, 2.24) is 10.6 Å². The normalized spacial score (nSPS) is 16.4. The SMILES string of the molecule is CCNC(=NCc1cccc(OCc2ccccc2)c1)NCCCOC1CCOC1. The van der Waals surface area contributed by atoms with Gasteiger partial charge < -0.3 is 24.8 Å². The fourth-order valence-corrected chi connectivity index (χ4v) is 3.16. The second-order valence-corrected chi connectivity index (χ2v) is 7.25. The number of aliphatic imine (C=N–C) groups is 1. The van der Waals surface area contributed by atoms with Crippen molar-refractivity contribution in [3.05, 3.63) is 65.7 Å². The zero-order valence-corrected chi connectivity index (χ0v) is 17.8. The van der Waals surface area contributed by atoms with Gasteiger partial charge in [-0.15, -0.1) is 0 Å². The van der Waals surface area contributed by atoms with Crippen LogP contribution in [0.3, 0.4) is 0 Å². The molecule has 0 bridgehead atoms. The maximum Gasteiger partial charge on any atom is 0.191 e. The largest absolute Gasteiger partial charge is 0.489 e. The van der Waals surface area contributed by atoms with Crippen molar-refractivity contribution in [3.63, 3.8) is 0 Å². The van der Waals surface area contributed by atoms with Crippen LogP contribution in [0.15, 0.2) is 59.6 Å². The summed E-state index contributed by atoms with van der Waals surface area (Å²) in [7, 11) is 0. The number of benzene rings is 2. The van der Waals surface area contributed by atoms with E-state index in [1.165, 1.54) is 0 Å². The summed E-state index contributed by atoms with van der Waals surface area (Å²) in [6, 6.07) is 18.3. The van der Waals surface area contributed by atoms with Gasteiger partial charge in [-0.05, 0) is 43.0 Å². The summed E-state index contributed by atoms with van der Waals surface area (Å²) < 4.78 is 17.0. The van der Waals surface area contributed by atoms with Gasteiger partial charge in [0.25, 0.3) is 0 Å². The minimum atomic E-state index is 0.267. The highest BCUT2D eigenvalue weighted by Gasteiger charge is 2.15. The Labute approximate surface area is 179 Å². The molecule has 1 heterocycles. The van der Waals surface area contributed by atoms with Crippen LogP contribution in [-0.2, 0) is 22.6 Å². The van der Waals surface area contributed by atoms with Gasteiger partial charge in [-0.2, -0.15) is 0 Å². The smallest absolute Gasteiger partial charge is 0.191 e. The first-order valence-electron chi connectivity index (χ1n) is 10.8. The first-order valence-corrected chi connectivity index (χ1v) is 10.8. The number of nitrogens with zero attached hydrogens (tertiary/aromatic N) is 1. The van der Waals surface area contributed by atoms with Gasteiger partial charge >= 0.3 is 0 Å². The zero-order valence-electron chi connectivity index (χ0n) is 17.8. The molecule has 30 heavy (non-hydrogen) atoms. The molecule has 0 aromatic heterocycles. The summed E-state index contributed by atoms with van der Waals surface area (Å²) in [4.78, 5) is 4.70. The second kappa shape index (κ2) is 12.9. The number of rotatable bonds is 11. The maximum atomic E-state index is 5.92. The van der Waals surface area contributed by atoms with Gasteiger partial charge in [-0.1, -0.05) is 42.5 Å². The number of hydrogen-bond donors (Lipinski definition) is 2. The minimum absolute atomic E-state index is 0.267. The molecular weight excluding hydrogens is 378 g/mol. The predicted octanol–water partition coefficient (Wildman–Crippen LogP) is 3.52. The van der Waals surface area contributed by atoms with E-state index < -0.39 is 0 Å². The third-order valence-electron chi connectivity index (χ3n) is 4.77. The summed E-state index contributed by atoms with van der Waals surface area (Å²) in [6.45, 7) is 7.15. The molecule has 2 aromatic rings. The highest BCUT2D eigenvalue weighted by atomic mass is 16.5. The summed E-state index contributed by atoms with van der Waals surface area (Å²) in [5.74, 6) is 1.68. The van der Waals surface area contributed by atoms with Crippen molar-refractivity contribution in [2.24, 2.45) is 4.99 Å². The van der Waals surface area contributed by atoms with Gasteiger partial charge in [0.05, 0.1) is 19.3 Å². The molecule has 1 atom stereocenters. The van der Waals surface area contributed by atoms with Crippen LogP contribution in [0.2, 0.25) is 0 Å². The van der Waals surface area contributed by atoms with Crippen LogP contribution in [0, 0.1) is 0 Å². The molecule has 6 heteroatoms. The Morgan fingerprint density at radius 3 is 2.77 bits per heavy atom. The van der Waals surface area contributed by atoms with E-state index in [0.717, 1.165) is 68.6 Å². The first kappa shape index (κ1) is 22.1. The third kappa shape index (κ3) is 8.05. The molecule has 0 radical (unpaired) electrons. The highest BCUT2D eigenvalue weighted by Crippen LogP contribution is 2.16. The Bertz CT molecular complexity index is 761. The van der Waals surface area contributed by atoms with E-state index in [1.807, 2.05) is 36.4 Å². The summed E-state index contributed by atoms with van der Waals surface area (Å²) in [5.41, 5.74) is 2.27. The van der Waals surface area contributed by atoms with Crippen LogP contribution in [0.4, 0.5) is 0 Å².